The van der Waals surface area contributed by atoms with Crippen molar-refractivity contribution in [3.05, 3.63) is 72.1 Å². The molecular weight excluding hydrogens is 478 g/mol. The molecule has 0 atom stereocenters. The number of hydrogen-bond acceptors (Lipinski definition) is 7. The average molecular weight is 493 g/mol. The summed E-state index contributed by atoms with van der Waals surface area (Å²) in [4.78, 5) is 27.6. The first kappa shape index (κ1) is 23.7. The predicted octanol–water partition coefficient (Wildman–Crippen LogP) is 4.13. The summed E-state index contributed by atoms with van der Waals surface area (Å²) < 4.78 is 67.0. The van der Waals surface area contributed by atoms with E-state index >= 15 is 0 Å². The van der Waals surface area contributed by atoms with Crippen LogP contribution in [0.5, 0.6) is 17.2 Å². The van der Waals surface area contributed by atoms with Gasteiger partial charge in [-0.2, -0.15) is 8.78 Å². The van der Waals surface area contributed by atoms with E-state index in [1.165, 1.54) is 42.6 Å². The number of nitrogen functional groups attached to an aromatic ring is 1. The fraction of sp³-hybridized carbons (Fsp3) is 0.0952. The van der Waals surface area contributed by atoms with Gasteiger partial charge in [0, 0.05) is 23.6 Å². The Labute approximate surface area is 194 Å². The Bertz CT molecular complexity index is 1270. The highest BCUT2D eigenvalue weighted by atomic mass is 19.3. The maximum absolute atomic E-state index is 13.9. The van der Waals surface area contributed by atoms with Crippen molar-refractivity contribution in [1.29, 1.82) is 0 Å². The molecule has 0 unspecified atom stereocenters. The van der Waals surface area contributed by atoms with Crippen molar-refractivity contribution in [2.75, 3.05) is 10.6 Å². The summed E-state index contributed by atoms with van der Waals surface area (Å²) in [5, 5.41) is 4.78. The highest BCUT2D eigenvalue weighted by Gasteiger charge is 2.54. The third-order valence-corrected chi connectivity index (χ3v) is 4.47. The molecule has 0 saturated carbocycles. The zero-order chi connectivity index (χ0) is 25.2. The minimum Gasteiger partial charge on any atom is -0.457 e. The lowest BCUT2D eigenvalue weighted by atomic mass is 10.1. The van der Waals surface area contributed by atoms with Gasteiger partial charge in [0.05, 0.1) is 5.56 Å². The molecule has 1 aliphatic heterocycles. The van der Waals surface area contributed by atoms with Gasteiger partial charge in [-0.15, -0.1) is 8.78 Å². The van der Waals surface area contributed by atoms with Gasteiger partial charge in [-0.3, -0.25) is 15.2 Å². The number of benzene rings is 2. The van der Waals surface area contributed by atoms with Crippen molar-refractivity contribution in [2.45, 2.75) is 12.4 Å². The van der Waals surface area contributed by atoms with E-state index in [-0.39, 0.29) is 11.4 Å². The van der Waals surface area contributed by atoms with E-state index in [2.05, 4.69) is 25.1 Å². The standard InChI is InChI=1S/C21H15F4N5O5/c22-20(23)15-9-12(3-6-17(15)34-21(24,25)35-20)29-19(32)28-11-1-4-13(5-2-11)33-14-7-8-27-16(10-14)18(31)30-26/h1-10H,26H2,(H,30,31)(H2,28,29,32). The van der Waals surface area contributed by atoms with Gasteiger partial charge < -0.3 is 20.1 Å². The number of carbonyl (C=O) groups excluding carboxylic acids is 2. The molecule has 182 valence electrons. The smallest absolute Gasteiger partial charge is 0.457 e. The number of nitrogens with two attached hydrogens (primary N) is 1. The molecule has 14 heteroatoms. The summed E-state index contributed by atoms with van der Waals surface area (Å²) in [6.45, 7) is 0. The lowest BCUT2D eigenvalue weighted by Gasteiger charge is -2.30. The van der Waals surface area contributed by atoms with Crippen molar-refractivity contribution >= 4 is 23.3 Å². The number of urea groups is 1. The number of nitrogens with one attached hydrogen (secondary N) is 3. The highest BCUT2D eigenvalue weighted by molar-refractivity contribution is 5.99. The van der Waals surface area contributed by atoms with Gasteiger partial charge in [-0.05, 0) is 48.5 Å². The Morgan fingerprint density at radius 2 is 1.60 bits per heavy atom. The quantitative estimate of drug-likeness (QED) is 0.182. The number of aromatic nitrogens is 1. The molecule has 5 N–H and O–H groups in total. The molecule has 3 amide bonds. The number of nitrogens with zero attached hydrogens (tertiary/aromatic N) is 1. The minimum absolute atomic E-state index is 0.0479. The van der Waals surface area contributed by atoms with Crippen LogP contribution >= 0.6 is 0 Å². The van der Waals surface area contributed by atoms with E-state index in [0.29, 0.717) is 17.2 Å². The number of alkyl halides is 4. The second-order valence-corrected chi connectivity index (χ2v) is 6.95. The van der Waals surface area contributed by atoms with Gasteiger partial charge in [0.15, 0.2) is 0 Å². The van der Waals surface area contributed by atoms with E-state index in [0.717, 1.165) is 18.2 Å². The van der Waals surface area contributed by atoms with Crippen molar-refractivity contribution < 1.29 is 41.4 Å². The third kappa shape index (κ3) is 5.56. The van der Waals surface area contributed by atoms with Crippen molar-refractivity contribution in [3.8, 4) is 17.2 Å². The van der Waals surface area contributed by atoms with Crippen LogP contribution in [0, 0.1) is 0 Å². The molecule has 0 fully saturated rings. The average Bonchev–Trinajstić information content (AvgIpc) is 2.79. The summed E-state index contributed by atoms with van der Waals surface area (Å²) in [6, 6.07) is 10.9. The molecule has 1 aliphatic rings. The van der Waals surface area contributed by atoms with Crippen LogP contribution in [0.1, 0.15) is 16.1 Å². The molecule has 0 bridgehead atoms. The largest absolute Gasteiger partial charge is 0.540 e. The predicted molar refractivity (Wildman–Crippen MR) is 112 cm³/mol. The van der Waals surface area contributed by atoms with E-state index < -0.39 is 35.7 Å². The molecule has 0 saturated heterocycles. The van der Waals surface area contributed by atoms with Crippen LogP contribution in [-0.4, -0.2) is 23.2 Å². The van der Waals surface area contributed by atoms with Crippen LogP contribution < -0.4 is 31.4 Å². The van der Waals surface area contributed by atoms with Gasteiger partial charge in [-0.1, -0.05) is 0 Å². The molecule has 0 aliphatic carbocycles. The minimum atomic E-state index is -4.49. The Kier molecular flexibility index (Phi) is 6.15. The second-order valence-electron chi connectivity index (χ2n) is 6.95. The Morgan fingerprint density at radius 3 is 2.31 bits per heavy atom. The van der Waals surface area contributed by atoms with Crippen LogP contribution in [0.15, 0.2) is 60.8 Å². The molecule has 10 nitrogen and oxygen atoms in total. The monoisotopic (exact) mass is 493 g/mol. The molecule has 0 spiro atoms. The van der Waals surface area contributed by atoms with Crippen LogP contribution in [0.2, 0.25) is 0 Å². The van der Waals surface area contributed by atoms with E-state index in [9.17, 15) is 27.2 Å². The zero-order valence-corrected chi connectivity index (χ0v) is 17.4. The fourth-order valence-electron chi connectivity index (χ4n) is 2.99. The number of fused-ring (bicyclic) bond motifs is 1. The first-order valence-electron chi connectivity index (χ1n) is 9.67. The van der Waals surface area contributed by atoms with Gasteiger partial charge in [-0.25, -0.2) is 15.4 Å². The highest BCUT2D eigenvalue weighted by Crippen LogP contribution is 2.46. The van der Waals surface area contributed by atoms with Gasteiger partial charge in [0.25, 0.3) is 5.91 Å². The molecule has 35 heavy (non-hydrogen) atoms. The van der Waals surface area contributed by atoms with Crippen LogP contribution in [0.3, 0.4) is 0 Å². The second kappa shape index (κ2) is 9.08. The first-order chi connectivity index (χ1) is 16.5. The van der Waals surface area contributed by atoms with Gasteiger partial charge >= 0.3 is 18.4 Å². The van der Waals surface area contributed by atoms with Crippen LogP contribution in [0.4, 0.5) is 33.7 Å². The molecule has 4 rings (SSSR count). The van der Waals surface area contributed by atoms with E-state index in [1.807, 2.05) is 5.43 Å². The SMILES string of the molecule is NNC(=O)c1cc(Oc2ccc(NC(=O)Nc3ccc4c(c3)C(F)(F)OC(F)(F)O4)cc2)ccn1. The van der Waals surface area contributed by atoms with Crippen LogP contribution in [0.25, 0.3) is 0 Å². The van der Waals surface area contributed by atoms with Crippen LogP contribution in [-0.2, 0) is 10.8 Å². The van der Waals surface area contributed by atoms with Crippen molar-refractivity contribution in [1.82, 2.24) is 10.4 Å². The maximum Gasteiger partial charge on any atom is 0.540 e. The topological polar surface area (TPSA) is 137 Å². The van der Waals surface area contributed by atoms with Crippen molar-refractivity contribution in [2.24, 2.45) is 5.84 Å². The maximum atomic E-state index is 13.9. The number of halogens is 4. The number of rotatable bonds is 5. The number of hydrogen-bond donors (Lipinski definition) is 4. The first-order valence-corrected chi connectivity index (χ1v) is 9.67. The Hall–Kier alpha value is -4.43. The summed E-state index contributed by atoms with van der Waals surface area (Å²) in [6.07, 6.45) is -7.46. The number of carbonyl (C=O) groups is 2. The summed E-state index contributed by atoms with van der Waals surface area (Å²) in [7, 11) is 0. The fourth-order valence-corrected chi connectivity index (χ4v) is 2.99. The molecule has 0 radical (unpaired) electrons. The van der Waals surface area contributed by atoms with Gasteiger partial charge in [0.1, 0.15) is 22.9 Å². The lowest BCUT2D eigenvalue weighted by Crippen LogP contribution is -2.41. The van der Waals surface area contributed by atoms with Crippen molar-refractivity contribution in [3.63, 3.8) is 0 Å². The molecule has 2 aromatic carbocycles. The molecule has 1 aromatic heterocycles. The summed E-state index contributed by atoms with van der Waals surface area (Å²) >= 11 is 0. The molecular formula is C21H15F4N5O5. The molecule has 2 heterocycles. The van der Waals surface area contributed by atoms with Gasteiger partial charge in [0.2, 0.25) is 0 Å². The number of anilines is 2. The summed E-state index contributed by atoms with van der Waals surface area (Å²) in [5.41, 5.74) is 1.24. The number of amides is 3. The summed E-state index contributed by atoms with van der Waals surface area (Å²) in [5.74, 6) is 4.38. The zero-order valence-electron chi connectivity index (χ0n) is 17.4. The number of ether oxygens (including phenoxy) is 3. The lowest BCUT2D eigenvalue weighted by molar-refractivity contribution is -0.461. The number of pyridine rings is 1. The van der Waals surface area contributed by atoms with E-state index in [1.54, 1.807) is 0 Å². The third-order valence-electron chi connectivity index (χ3n) is 4.47. The van der Waals surface area contributed by atoms with E-state index in [4.69, 9.17) is 10.6 Å². The Morgan fingerprint density at radius 1 is 0.914 bits per heavy atom. The molecule has 3 aromatic rings. The Balaban J connectivity index is 1.39. The number of hydrazine groups is 1. The normalized spacial score (nSPS) is 15.2.